The molecule has 1 unspecified atom stereocenters. The van der Waals surface area contributed by atoms with Gasteiger partial charge in [0, 0.05) is 17.6 Å². The van der Waals surface area contributed by atoms with Crippen LogP contribution in [0.5, 0.6) is 11.5 Å². The molecule has 0 fully saturated rings. The topological polar surface area (TPSA) is 77.7 Å². The minimum atomic E-state index is -0.669. The monoisotopic (exact) mass is 401 g/mol. The number of amides is 1. The highest BCUT2D eigenvalue weighted by Gasteiger charge is 2.21. The molecule has 1 amide bonds. The zero-order chi connectivity index (χ0) is 20.1. The molecule has 7 nitrogen and oxygen atoms in total. The van der Waals surface area contributed by atoms with Gasteiger partial charge in [0.15, 0.2) is 6.10 Å². The molecule has 0 spiro atoms. The number of halogens is 1. The Morgan fingerprint density at radius 2 is 1.79 bits per heavy atom. The standard InChI is InChI=1S/C20H20ClN3O4/c1-13(27-17-10-8-16(26-3)9-11-17)20(25)24(2)12-18-22-19(23-28-18)14-4-6-15(21)7-5-14/h4-11,13H,12H2,1-3H3. The van der Waals surface area contributed by atoms with E-state index in [4.69, 9.17) is 25.6 Å². The van der Waals surface area contributed by atoms with Crippen LogP contribution >= 0.6 is 11.6 Å². The highest BCUT2D eigenvalue weighted by Crippen LogP contribution is 2.20. The molecule has 0 aliphatic heterocycles. The maximum absolute atomic E-state index is 12.6. The lowest BCUT2D eigenvalue weighted by Gasteiger charge is -2.20. The smallest absolute Gasteiger partial charge is 0.263 e. The van der Waals surface area contributed by atoms with Crippen LogP contribution in [0.15, 0.2) is 53.1 Å². The van der Waals surface area contributed by atoms with E-state index in [1.807, 2.05) is 0 Å². The van der Waals surface area contributed by atoms with Crippen LogP contribution in [0, 0.1) is 0 Å². The Balaban J connectivity index is 1.59. The highest BCUT2D eigenvalue weighted by atomic mass is 35.5. The molecule has 0 saturated carbocycles. The van der Waals surface area contributed by atoms with Crippen molar-refractivity contribution < 1.29 is 18.8 Å². The molecule has 0 radical (unpaired) electrons. The van der Waals surface area contributed by atoms with Crippen LogP contribution in [-0.4, -0.2) is 41.2 Å². The quantitative estimate of drug-likeness (QED) is 0.598. The van der Waals surface area contributed by atoms with Gasteiger partial charge in [0.2, 0.25) is 11.7 Å². The normalized spacial score (nSPS) is 11.7. The number of methoxy groups -OCH3 is 1. The molecular weight excluding hydrogens is 382 g/mol. The number of rotatable bonds is 7. The van der Waals surface area contributed by atoms with E-state index in [1.165, 1.54) is 4.90 Å². The predicted octanol–water partition coefficient (Wildman–Crippen LogP) is 3.82. The van der Waals surface area contributed by atoms with Crippen molar-refractivity contribution in [3.05, 3.63) is 59.4 Å². The number of aromatic nitrogens is 2. The fourth-order valence-corrected chi connectivity index (χ4v) is 2.66. The van der Waals surface area contributed by atoms with Crippen LogP contribution in [0.25, 0.3) is 11.4 Å². The largest absolute Gasteiger partial charge is 0.497 e. The Bertz CT molecular complexity index is 925. The molecule has 0 bridgehead atoms. The number of ether oxygens (including phenoxy) is 2. The number of nitrogens with zero attached hydrogens (tertiary/aromatic N) is 3. The average Bonchev–Trinajstić information content (AvgIpc) is 3.16. The van der Waals surface area contributed by atoms with E-state index in [2.05, 4.69) is 10.1 Å². The van der Waals surface area contributed by atoms with E-state index in [0.29, 0.717) is 22.5 Å². The second-order valence-corrected chi connectivity index (χ2v) is 6.58. The Morgan fingerprint density at radius 1 is 1.14 bits per heavy atom. The van der Waals surface area contributed by atoms with Crippen LogP contribution in [-0.2, 0) is 11.3 Å². The first kappa shape index (κ1) is 19.7. The summed E-state index contributed by atoms with van der Waals surface area (Å²) >= 11 is 5.88. The van der Waals surface area contributed by atoms with Crippen molar-refractivity contribution in [3.8, 4) is 22.9 Å². The molecule has 8 heteroatoms. The van der Waals surface area contributed by atoms with Gasteiger partial charge in [-0.15, -0.1) is 0 Å². The molecule has 0 aliphatic rings. The van der Waals surface area contributed by atoms with Crippen LogP contribution in [0.3, 0.4) is 0 Å². The third kappa shape index (κ3) is 4.80. The van der Waals surface area contributed by atoms with E-state index in [9.17, 15) is 4.79 Å². The number of hydrogen-bond acceptors (Lipinski definition) is 6. The number of likely N-dealkylation sites (N-methyl/N-ethyl adjacent to an activating group) is 1. The van der Waals surface area contributed by atoms with E-state index in [1.54, 1.807) is 69.6 Å². The lowest BCUT2D eigenvalue weighted by atomic mass is 10.2. The first-order valence-electron chi connectivity index (χ1n) is 8.60. The van der Waals surface area contributed by atoms with E-state index < -0.39 is 6.10 Å². The molecule has 0 N–H and O–H groups in total. The Hall–Kier alpha value is -3.06. The number of carbonyl (C=O) groups excluding carboxylic acids is 1. The molecule has 1 atom stereocenters. The maximum atomic E-state index is 12.6. The zero-order valence-electron chi connectivity index (χ0n) is 15.8. The Labute approximate surface area is 167 Å². The maximum Gasteiger partial charge on any atom is 0.263 e. The lowest BCUT2D eigenvalue weighted by molar-refractivity contribution is -0.137. The number of benzene rings is 2. The summed E-state index contributed by atoms with van der Waals surface area (Å²) in [5, 5.41) is 4.58. The fourth-order valence-electron chi connectivity index (χ4n) is 2.54. The average molecular weight is 402 g/mol. The van der Waals surface area contributed by atoms with Crippen molar-refractivity contribution in [2.45, 2.75) is 19.6 Å². The second-order valence-electron chi connectivity index (χ2n) is 6.15. The molecule has 28 heavy (non-hydrogen) atoms. The SMILES string of the molecule is COc1ccc(OC(C)C(=O)N(C)Cc2nc(-c3ccc(Cl)cc3)no2)cc1. The van der Waals surface area contributed by atoms with Gasteiger partial charge in [0.05, 0.1) is 13.7 Å². The number of carbonyl (C=O) groups is 1. The van der Waals surface area contributed by atoms with Crippen molar-refractivity contribution in [1.29, 1.82) is 0 Å². The van der Waals surface area contributed by atoms with Gasteiger partial charge in [0.25, 0.3) is 5.91 Å². The molecule has 3 aromatic rings. The van der Waals surface area contributed by atoms with Crippen LogP contribution in [0.2, 0.25) is 5.02 Å². The molecule has 1 aromatic heterocycles. The molecule has 146 valence electrons. The van der Waals surface area contributed by atoms with Gasteiger partial charge in [-0.1, -0.05) is 16.8 Å². The van der Waals surface area contributed by atoms with E-state index in [-0.39, 0.29) is 12.5 Å². The summed E-state index contributed by atoms with van der Waals surface area (Å²) < 4.78 is 16.1. The highest BCUT2D eigenvalue weighted by molar-refractivity contribution is 6.30. The van der Waals surface area contributed by atoms with Gasteiger partial charge in [-0.05, 0) is 55.5 Å². The second kappa shape index (κ2) is 8.75. The summed E-state index contributed by atoms with van der Waals surface area (Å²) in [5.41, 5.74) is 0.782. The Morgan fingerprint density at radius 3 is 2.43 bits per heavy atom. The lowest BCUT2D eigenvalue weighted by Crippen LogP contribution is -2.37. The van der Waals surface area contributed by atoms with E-state index >= 15 is 0 Å². The summed E-state index contributed by atoms with van der Waals surface area (Å²) in [5.74, 6) is 1.86. The minimum Gasteiger partial charge on any atom is -0.497 e. The van der Waals surface area contributed by atoms with Gasteiger partial charge in [0.1, 0.15) is 11.5 Å². The molecule has 3 rings (SSSR count). The zero-order valence-corrected chi connectivity index (χ0v) is 16.5. The van der Waals surface area contributed by atoms with Crippen LogP contribution in [0.4, 0.5) is 0 Å². The third-order valence-corrected chi connectivity index (χ3v) is 4.29. The van der Waals surface area contributed by atoms with Crippen molar-refractivity contribution >= 4 is 17.5 Å². The Kier molecular flexibility index (Phi) is 6.16. The van der Waals surface area contributed by atoms with Gasteiger partial charge >= 0.3 is 0 Å². The summed E-state index contributed by atoms with van der Waals surface area (Å²) in [6.45, 7) is 1.87. The first-order valence-corrected chi connectivity index (χ1v) is 8.98. The third-order valence-electron chi connectivity index (χ3n) is 4.04. The summed E-state index contributed by atoms with van der Waals surface area (Å²) in [6.07, 6.45) is -0.669. The molecule has 2 aromatic carbocycles. The minimum absolute atomic E-state index is 0.176. The fraction of sp³-hybridized carbons (Fsp3) is 0.250. The predicted molar refractivity (Wildman–Crippen MR) is 104 cm³/mol. The van der Waals surface area contributed by atoms with Gasteiger partial charge in [-0.3, -0.25) is 4.79 Å². The van der Waals surface area contributed by atoms with Crippen LogP contribution in [0.1, 0.15) is 12.8 Å². The van der Waals surface area contributed by atoms with Crippen molar-refractivity contribution in [3.63, 3.8) is 0 Å². The van der Waals surface area contributed by atoms with Gasteiger partial charge in [-0.2, -0.15) is 4.98 Å². The van der Waals surface area contributed by atoms with Crippen molar-refractivity contribution in [1.82, 2.24) is 15.0 Å². The van der Waals surface area contributed by atoms with Crippen molar-refractivity contribution in [2.75, 3.05) is 14.2 Å². The number of hydrogen-bond donors (Lipinski definition) is 0. The molecule has 1 heterocycles. The first-order chi connectivity index (χ1) is 13.5. The summed E-state index contributed by atoms with van der Waals surface area (Å²) in [4.78, 5) is 18.4. The summed E-state index contributed by atoms with van der Waals surface area (Å²) in [6, 6.07) is 14.1. The van der Waals surface area contributed by atoms with Crippen molar-refractivity contribution in [2.24, 2.45) is 0 Å². The molecule has 0 aliphatic carbocycles. The molecule has 0 saturated heterocycles. The molecular formula is C20H20ClN3O4. The van der Waals surface area contributed by atoms with Gasteiger partial charge in [-0.25, -0.2) is 0 Å². The summed E-state index contributed by atoms with van der Waals surface area (Å²) in [7, 11) is 3.25. The van der Waals surface area contributed by atoms with E-state index in [0.717, 1.165) is 11.3 Å². The van der Waals surface area contributed by atoms with Gasteiger partial charge < -0.3 is 18.9 Å². The van der Waals surface area contributed by atoms with Crippen LogP contribution < -0.4 is 9.47 Å².